The van der Waals surface area contributed by atoms with Crippen molar-refractivity contribution in [3.8, 4) is 11.8 Å². The molecule has 2 heteroatoms. The molecule has 0 bridgehead atoms. The van der Waals surface area contributed by atoms with E-state index in [0.717, 1.165) is 18.4 Å². The first-order chi connectivity index (χ1) is 14.7. The Kier molecular flexibility index (Phi) is 6.33. The average Bonchev–Trinajstić information content (AvgIpc) is 2.81. The van der Waals surface area contributed by atoms with Gasteiger partial charge in [0.2, 0.25) is 0 Å². The minimum Gasteiger partial charge on any atom is -0.377 e. The van der Waals surface area contributed by atoms with Crippen molar-refractivity contribution >= 4 is 0 Å². The highest BCUT2D eigenvalue weighted by Crippen LogP contribution is 2.45. The van der Waals surface area contributed by atoms with Gasteiger partial charge in [0.1, 0.15) is 5.60 Å². The van der Waals surface area contributed by atoms with E-state index in [4.69, 9.17) is 0 Å². The first-order valence-corrected chi connectivity index (χ1v) is 10.9. The molecule has 30 heavy (non-hydrogen) atoms. The number of hydrogen-bond donors (Lipinski definition) is 2. The Balaban J connectivity index is 1.77. The van der Waals surface area contributed by atoms with Gasteiger partial charge in [-0.1, -0.05) is 104 Å². The maximum Gasteiger partial charge on any atom is 0.132 e. The van der Waals surface area contributed by atoms with Crippen molar-refractivity contribution in [3.05, 3.63) is 108 Å². The summed E-state index contributed by atoms with van der Waals surface area (Å²) in [4.78, 5) is 0. The lowest BCUT2D eigenvalue weighted by Gasteiger charge is -2.46. The average molecular weight is 396 g/mol. The number of hydrogen-bond acceptors (Lipinski definition) is 2. The smallest absolute Gasteiger partial charge is 0.132 e. The van der Waals surface area contributed by atoms with Gasteiger partial charge in [0, 0.05) is 30.0 Å². The van der Waals surface area contributed by atoms with Crippen molar-refractivity contribution in [2.75, 3.05) is 0 Å². The Morgan fingerprint density at radius 1 is 0.867 bits per heavy atom. The first kappa shape index (κ1) is 20.4. The van der Waals surface area contributed by atoms with Crippen molar-refractivity contribution in [2.24, 2.45) is 5.92 Å². The van der Waals surface area contributed by atoms with Crippen LogP contribution in [0, 0.1) is 17.8 Å². The minimum atomic E-state index is -1.07. The fourth-order valence-electron chi connectivity index (χ4n) is 4.58. The van der Waals surface area contributed by atoms with Gasteiger partial charge in [-0.25, -0.2) is 0 Å². The lowest BCUT2D eigenvalue weighted by Crippen LogP contribution is -2.52. The van der Waals surface area contributed by atoms with Gasteiger partial charge in [0.25, 0.3) is 0 Å². The molecule has 0 amide bonds. The molecule has 1 heterocycles. The van der Waals surface area contributed by atoms with Gasteiger partial charge in [-0.05, 0) is 29.7 Å². The Hall–Kier alpha value is -2.86. The van der Waals surface area contributed by atoms with Crippen LogP contribution in [0.1, 0.15) is 55.0 Å². The first-order valence-electron chi connectivity index (χ1n) is 10.9. The molecule has 1 aliphatic rings. The zero-order chi connectivity index (χ0) is 20.8. The summed E-state index contributed by atoms with van der Waals surface area (Å²) in [6.45, 7) is 2.18. The molecule has 4 atom stereocenters. The molecular formula is C28H29NO. The van der Waals surface area contributed by atoms with E-state index in [1.807, 2.05) is 42.5 Å². The molecule has 4 rings (SSSR count). The molecule has 2 N–H and O–H groups in total. The summed E-state index contributed by atoms with van der Waals surface area (Å²) in [5.74, 6) is 6.59. The molecule has 0 radical (unpaired) electrons. The largest absolute Gasteiger partial charge is 0.377 e. The van der Waals surface area contributed by atoms with Crippen molar-refractivity contribution < 1.29 is 5.11 Å². The monoisotopic (exact) mass is 395 g/mol. The highest BCUT2D eigenvalue weighted by atomic mass is 16.3. The number of nitrogens with one attached hydrogen (secondary N) is 1. The number of benzene rings is 3. The molecule has 0 spiro atoms. The molecule has 2 nitrogen and oxygen atoms in total. The maximum atomic E-state index is 12.0. The molecule has 0 unspecified atom stereocenters. The number of rotatable bonds is 4. The fraction of sp³-hybridized carbons (Fsp3) is 0.286. The third-order valence-electron chi connectivity index (χ3n) is 6.07. The van der Waals surface area contributed by atoms with Crippen molar-refractivity contribution in [2.45, 2.75) is 43.9 Å². The highest BCUT2D eigenvalue weighted by molar-refractivity contribution is 5.38. The second kappa shape index (κ2) is 9.30. The third-order valence-corrected chi connectivity index (χ3v) is 6.07. The summed E-state index contributed by atoms with van der Waals surface area (Å²) < 4.78 is 0. The van der Waals surface area contributed by atoms with Crippen molar-refractivity contribution in [1.29, 1.82) is 0 Å². The summed E-state index contributed by atoms with van der Waals surface area (Å²) in [5, 5.41) is 15.8. The molecule has 1 fully saturated rings. The molecule has 3 aromatic carbocycles. The van der Waals surface area contributed by atoms with Crippen LogP contribution in [0.2, 0.25) is 0 Å². The van der Waals surface area contributed by atoms with Crippen LogP contribution >= 0.6 is 0 Å². The lowest BCUT2D eigenvalue weighted by molar-refractivity contribution is -0.0317. The molecule has 0 aromatic heterocycles. The van der Waals surface area contributed by atoms with Crippen molar-refractivity contribution in [1.82, 2.24) is 5.32 Å². The molecule has 0 saturated carbocycles. The Labute approximate surface area is 180 Å². The second-order valence-corrected chi connectivity index (χ2v) is 8.16. The fourth-order valence-corrected chi connectivity index (χ4v) is 4.58. The lowest BCUT2D eigenvalue weighted by atomic mass is 9.69. The van der Waals surface area contributed by atoms with Gasteiger partial charge in [-0.3, -0.25) is 0 Å². The van der Waals surface area contributed by atoms with E-state index in [2.05, 4.69) is 72.6 Å². The predicted molar refractivity (Wildman–Crippen MR) is 123 cm³/mol. The normalized spacial score (nSPS) is 25.9. The molecule has 1 saturated heterocycles. The van der Waals surface area contributed by atoms with E-state index in [0.29, 0.717) is 6.42 Å². The van der Waals surface area contributed by atoms with Crippen LogP contribution in [0.5, 0.6) is 0 Å². The standard InChI is InChI=1S/C28H29NO/c1-2-12-25-27(24-17-10-5-11-18-24)29-26(23-15-8-4-9-16-23)21-28(25,30)20-19-22-13-6-3-7-14-22/h3-11,13-18,25-27,29-30H,2,12,21H2,1H3/t25-,26-,27-,28+/m0/s1. The van der Waals surface area contributed by atoms with Crippen LogP contribution in [-0.2, 0) is 0 Å². The summed E-state index contributed by atoms with van der Waals surface area (Å²) in [6.07, 6.45) is 2.49. The zero-order valence-electron chi connectivity index (χ0n) is 17.5. The number of piperidine rings is 1. The van der Waals surface area contributed by atoms with Gasteiger partial charge in [0.15, 0.2) is 0 Å². The van der Waals surface area contributed by atoms with Gasteiger partial charge < -0.3 is 10.4 Å². The molecular weight excluding hydrogens is 366 g/mol. The summed E-state index contributed by atoms with van der Waals surface area (Å²) in [5.41, 5.74) is 2.26. The summed E-state index contributed by atoms with van der Waals surface area (Å²) in [7, 11) is 0. The highest BCUT2D eigenvalue weighted by Gasteiger charge is 2.47. The topological polar surface area (TPSA) is 32.3 Å². The quantitative estimate of drug-likeness (QED) is 0.559. The van der Waals surface area contributed by atoms with E-state index in [9.17, 15) is 5.11 Å². The van der Waals surface area contributed by atoms with E-state index in [1.165, 1.54) is 11.1 Å². The van der Waals surface area contributed by atoms with E-state index < -0.39 is 5.60 Å². The minimum absolute atomic E-state index is 0.0149. The Morgan fingerprint density at radius 3 is 2.03 bits per heavy atom. The summed E-state index contributed by atoms with van der Waals surface area (Å²) >= 11 is 0. The van der Waals surface area contributed by atoms with Crippen LogP contribution in [-0.4, -0.2) is 10.7 Å². The van der Waals surface area contributed by atoms with E-state index >= 15 is 0 Å². The molecule has 152 valence electrons. The van der Waals surface area contributed by atoms with Crippen molar-refractivity contribution in [3.63, 3.8) is 0 Å². The molecule has 3 aromatic rings. The van der Waals surface area contributed by atoms with E-state index in [1.54, 1.807) is 0 Å². The van der Waals surface area contributed by atoms with E-state index in [-0.39, 0.29) is 18.0 Å². The Morgan fingerprint density at radius 2 is 1.43 bits per heavy atom. The van der Waals surface area contributed by atoms with Gasteiger partial charge >= 0.3 is 0 Å². The van der Waals surface area contributed by atoms with Crippen LogP contribution in [0.3, 0.4) is 0 Å². The SMILES string of the molecule is CCC[C@H]1[C@H](c2ccccc2)N[C@H](c2ccccc2)C[C@]1(O)C#Cc1ccccc1. The van der Waals surface area contributed by atoms with Crippen LogP contribution in [0.4, 0.5) is 0 Å². The summed E-state index contributed by atoms with van der Waals surface area (Å²) in [6, 6.07) is 30.9. The molecule has 1 aliphatic heterocycles. The van der Waals surface area contributed by atoms with Gasteiger partial charge in [-0.15, -0.1) is 0 Å². The second-order valence-electron chi connectivity index (χ2n) is 8.16. The molecule has 0 aliphatic carbocycles. The third kappa shape index (κ3) is 4.49. The zero-order valence-corrected chi connectivity index (χ0v) is 17.5. The van der Waals surface area contributed by atoms with Crippen LogP contribution in [0.25, 0.3) is 0 Å². The maximum absolute atomic E-state index is 12.0. The number of aliphatic hydroxyl groups is 1. The van der Waals surface area contributed by atoms with Gasteiger partial charge in [0.05, 0.1) is 0 Å². The van der Waals surface area contributed by atoms with Crippen LogP contribution in [0.15, 0.2) is 91.0 Å². The predicted octanol–water partition coefficient (Wildman–Crippen LogP) is 5.66. The van der Waals surface area contributed by atoms with Gasteiger partial charge in [-0.2, -0.15) is 0 Å². The van der Waals surface area contributed by atoms with Crippen LogP contribution < -0.4 is 5.32 Å². The Bertz CT molecular complexity index is 990.